The van der Waals surface area contributed by atoms with E-state index in [-0.39, 0.29) is 5.91 Å². The van der Waals surface area contributed by atoms with E-state index in [1.54, 1.807) is 30.5 Å². The Morgan fingerprint density at radius 2 is 1.82 bits per heavy atom. The second-order valence-corrected chi connectivity index (χ2v) is 5.73. The number of nitrogens with zero attached hydrogens (tertiary/aromatic N) is 1. The van der Waals surface area contributed by atoms with Gasteiger partial charge in [-0.2, -0.15) is 0 Å². The average molecular weight is 338 g/mol. The van der Waals surface area contributed by atoms with Gasteiger partial charge in [0.05, 0.1) is 17.4 Å². The molecule has 0 spiro atoms. The molecule has 0 unspecified atom stereocenters. The summed E-state index contributed by atoms with van der Waals surface area (Å²) in [5.74, 6) is -0.131. The molecule has 0 saturated heterocycles. The number of carbonyl (C=O) groups is 1. The third-order valence-corrected chi connectivity index (χ3v) is 3.40. The number of rotatable bonds is 6. The van der Waals surface area contributed by atoms with Crippen LogP contribution in [-0.2, 0) is 0 Å². The van der Waals surface area contributed by atoms with Gasteiger partial charge in [-0.3, -0.25) is 9.78 Å². The van der Waals surface area contributed by atoms with Crippen LogP contribution in [0.2, 0.25) is 10.0 Å². The van der Waals surface area contributed by atoms with E-state index in [2.05, 4.69) is 22.5 Å². The molecule has 0 radical (unpaired) electrons. The second-order valence-electron chi connectivity index (χ2n) is 4.85. The number of hydrogen-bond acceptors (Lipinski definition) is 3. The summed E-state index contributed by atoms with van der Waals surface area (Å²) >= 11 is 11.9. The third-order valence-electron chi connectivity index (χ3n) is 2.97. The van der Waals surface area contributed by atoms with Gasteiger partial charge in [-0.15, -0.1) is 0 Å². The molecule has 0 atom stereocenters. The first-order chi connectivity index (χ1) is 10.6. The average Bonchev–Trinajstić information content (AvgIpc) is 2.46. The summed E-state index contributed by atoms with van der Waals surface area (Å²) in [6.45, 7) is 2.74. The molecule has 0 aliphatic carbocycles. The zero-order valence-electron chi connectivity index (χ0n) is 12.2. The van der Waals surface area contributed by atoms with Gasteiger partial charge in [0.2, 0.25) is 0 Å². The molecular formula is C16H17Cl2N3O. The highest BCUT2D eigenvalue weighted by molar-refractivity contribution is 6.35. The highest BCUT2D eigenvalue weighted by atomic mass is 35.5. The Morgan fingerprint density at radius 1 is 1.09 bits per heavy atom. The number of hydrogen-bond donors (Lipinski definition) is 2. The lowest BCUT2D eigenvalue weighted by Gasteiger charge is -2.09. The highest BCUT2D eigenvalue weighted by Crippen LogP contribution is 2.25. The molecule has 1 aromatic heterocycles. The molecule has 2 aromatic rings. The maximum absolute atomic E-state index is 12.0. The molecule has 1 aromatic carbocycles. The van der Waals surface area contributed by atoms with Crippen LogP contribution in [0.25, 0.3) is 0 Å². The van der Waals surface area contributed by atoms with E-state index in [1.807, 2.05) is 0 Å². The van der Waals surface area contributed by atoms with Crippen LogP contribution < -0.4 is 10.6 Å². The van der Waals surface area contributed by atoms with Gasteiger partial charge in [-0.25, -0.2) is 0 Å². The number of aromatic nitrogens is 1. The molecule has 0 saturated carbocycles. The van der Waals surface area contributed by atoms with Gasteiger partial charge in [0.15, 0.2) is 0 Å². The van der Waals surface area contributed by atoms with Crippen LogP contribution >= 0.6 is 23.2 Å². The smallest absolute Gasteiger partial charge is 0.252 e. The van der Waals surface area contributed by atoms with Crippen LogP contribution in [0.5, 0.6) is 0 Å². The maximum Gasteiger partial charge on any atom is 0.252 e. The highest BCUT2D eigenvalue weighted by Gasteiger charge is 2.07. The molecule has 4 nitrogen and oxygen atoms in total. The number of benzene rings is 1. The van der Waals surface area contributed by atoms with Crippen molar-refractivity contribution < 1.29 is 4.79 Å². The normalized spacial score (nSPS) is 10.3. The number of carbonyl (C=O) groups excluding carboxylic acids is 1. The number of amides is 1. The molecule has 0 aliphatic heterocycles. The summed E-state index contributed by atoms with van der Waals surface area (Å²) in [5.41, 5.74) is 1.94. The van der Waals surface area contributed by atoms with Gasteiger partial charge in [-0.1, -0.05) is 36.5 Å². The second kappa shape index (κ2) is 8.01. The van der Waals surface area contributed by atoms with Crippen LogP contribution in [-0.4, -0.2) is 17.4 Å². The number of unbranched alkanes of at least 4 members (excludes halogenated alkanes) is 1. The fourth-order valence-corrected chi connectivity index (χ4v) is 2.43. The van der Waals surface area contributed by atoms with Crippen molar-refractivity contribution in [2.75, 3.05) is 11.9 Å². The topological polar surface area (TPSA) is 54.0 Å². The van der Waals surface area contributed by atoms with Crippen molar-refractivity contribution in [2.45, 2.75) is 19.8 Å². The number of halogens is 2. The lowest BCUT2D eigenvalue weighted by atomic mass is 10.2. The standard InChI is InChI=1S/C16H17Cl2N3O/c1-2-3-4-20-16(22)11-5-15(10-19-9-11)21-14-7-12(17)6-13(18)8-14/h5-10,21H,2-4H2,1H3,(H,20,22). The molecule has 22 heavy (non-hydrogen) atoms. The van der Waals surface area contributed by atoms with Gasteiger partial charge in [-0.05, 0) is 30.7 Å². The van der Waals surface area contributed by atoms with Crippen LogP contribution in [0.1, 0.15) is 30.1 Å². The predicted octanol–water partition coefficient (Wildman–Crippen LogP) is 4.66. The minimum Gasteiger partial charge on any atom is -0.354 e. The van der Waals surface area contributed by atoms with E-state index in [0.29, 0.717) is 27.8 Å². The van der Waals surface area contributed by atoms with Crippen LogP contribution in [0.3, 0.4) is 0 Å². The van der Waals surface area contributed by atoms with E-state index in [4.69, 9.17) is 23.2 Å². The fourth-order valence-electron chi connectivity index (χ4n) is 1.91. The molecule has 1 heterocycles. The lowest BCUT2D eigenvalue weighted by Crippen LogP contribution is -2.24. The maximum atomic E-state index is 12.0. The van der Waals surface area contributed by atoms with Crippen LogP contribution in [0.4, 0.5) is 11.4 Å². The van der Waals surface area contributed by atoms with Gasteiger partial charge in [0, 0.05) is 28.5 Å². The summed E-state index contributed by atoms with van der Waals surface area (Å²) in [6, 6.07) is 6.90. The molecule has 6 heteroatoms. The molecule has 116 valence electrons. The quantitative estimate of drug-likeness (QED) is 0.753. The first kappa shape index (κ1) is 16.6. The Hall–Kier alpha value is -1.78. The van der Waals surface area contributed by atoms with Gasteiger partial charge >= 0.3 is 0 Å². The Kier molecular flexibility index (Phi) is 6.04. The summed E-state index contributed by atoms with van der Waals surface area (Å²) in [6.07, 6.45) is 5.17. The largest absolute Gasteiger partial charge is 0.354 e. The van der Waals surface area contributed by atoms with Crippen molar-refractivity contribution in [3.63, 3.8) is 0 Å². The van der Waals surface area contributed by atoms with E-state index in [0.717, 1.165) is 18.5 Å². The van der Waals surface area contributed by atoms with Gasteiger partial charge in [0.25, 0.3) is 5.91 Å². The summed E-state index contributed by atoms with van der Waals surface area (Å²) < 4.78 is 0. The first-order valence-corrected chi connectivity index (χ1v) is 7.80. The third kappa shape index (κ3) is 4.90. The van der Waals surface area contributed by atoms with E-state index >= 15 is 0 Å². The first-order valence-electron chi connectivity index (χ1n) is 7.05. The zero-order chi connectivity index (χ0) is 15.9. The van der Waals surface area contributed by atoms with E-state index in [9.17, 15) is 4.79 Å². The number of nitrogens with one attached hydrogen (secondary N) is 2. The fraction of sp³-hybridized carbons (Fsp3) is 0.250. The molecular weight excluding hydrogens is 321 g/mol. The Labute approximate surface area is 139 Å². The Morgan fingerprint density at radius 3 is 2.50 bits per heavy atom. The predicted molar refractivity (Wildman–Crippen MR) is 91.2 cm³/mol. The number of anilines is 2. The van der Waals surface area contributed by atoms with E-state index in [1.165, 1.54) is 6.20 Å². The van der Waals surface area contributed by atoms with Crippen LogP contribution in [0, 0.1) is 0 Å². The van der Waals surface area contributed by atoms with Crippen molar-refractivity contribution in [2.24, 2.45) is 0 Å². The molecule has 0 fully saturated rings. The minimum atomic E-state index is -0.131. The molecule has 2 rings (SSSR count). The van der Waals surface area contributed by atoms with E-state index < -0.39 is 0 Å². The SMILES string of the molecule is CCCCNC(=O)c1cncc(Nc2cc(Cl)cc(Cl)c2)c1. The molecule has 0 bridgehead atoms. The Balaban J connectivity index is 2.09. The molecule has 1 amide bonds. The van der Waals surface area contributed by atoms with Gasteiger partial charge < -0.3 is 10.6 Å². The van der Waals surface area contributed by atoms with Crippen LogP contribution in [0.15, 0.2) is 36.7 Å². The summed E-state index contributed by atoms with van der Waals surface area (Å²) in [7, 11) is 0. The van der Waals surface area contributed by atoms with Crippen molar-refractivity contribution in [1.29, 1.82) is 0 Å². The van der Waals surface area contributed by atoms with Crippen molar-refractivity contribution in [3.8, 4) is 0 Å². The summed E-state index contributed by atoms with van der Waals surface area (Å²) in [5, 5.41) is 7.07. The Bertz CT molecular complexity index is 641. The molecule has 2 N–H and O–H groups in total. The van der Waals surface area contributed by atoms with Crippen molar-refractivity contribution in [3.05, 3.63) is 52.3 Å². The monoisotopic (exact) mass is 337 g/mol. The summed E-state index contributed by atoms with van der Waals surface area (Å²) in [4.78, 5) is 16.1. The van der Waals surface area contributed by atoms with Crippen molar-refractivity contribution in [1.82, 2.24) is 10.3 Å². The van der Waals surface area contributed by atoms with Gasteiger partial charge in [0.1, 0.15) is 0 Å². The minimum absolute atomic E-state index is 0.131. The zero-order valence-corrected chi connectivity index (χ0v) is 13.7. The number of pyridine rings is 1. The lowest BCUT2D eigenvalue weighted by molar-refractivity contribution is 0.0953. The molecule has 0 aliphatic rings. The van der Waals surface area contributed by atoms with Crippen molar-refractivity contribution >= 4 is 40.5 Å².